The van der Waals surface area contributed by atoms with Crippen molar-refractivity contribution in [3.05, 3.63) is 0 Å². The van der Waals surface area contributed by atoms with Crippen LogP contribution in [0.15, 0.2) is 4.99 Å². The van der Waals surface area contributed by atoms with Gasteiger partial charge in [-0.25, -0.2) is 0 Å². The molecule has 0 spiro atoms. The number of nitrogens with one attached hydrogen (secondary N) is 2. The maximum atomic E-state index is 6.81. The van der Waals surface area contributed by atoms with Crippen molar-refractivity contribution in [3.8, 4) is 0 Å². The Bertz CT molecular complexity index is 161. The molecular weight excluding hydrogens is 228 g/mol. The fourth-order valence-corrected chi connectivity index (χ4v) is 0.535. The van der Waals surface area contributed by atoms with Crippen molar-refractivity contribution in [1.82, 2.24) is 5.32 Å². The summed E-state index contributed by atoms with van der Waals surface area (Å²) in [5.41, 5.74) is 10.3. The maximum absolute atomic E-state index is 6.81. The van der Waals surface area contributed by atoms with Crippen LogP contribution in [0.3, 0.4) is 0 Å². The van der Waals surface area contributed by atoms with Crippen LogP contribution in [0.4, 0.5) is 0 Å². The Morgan fingerprint density at radius 1 is 1.46 bits per heavy atom. The summed E-state index contributed by atoms with van der Waals surface area (Å²) in [5, 5.41) is 9.20. The number of hydrogen-bond donors (Lipinski definition) is 4. The third-order valence-electron chi connectivity index (χ3n) is 1.06. The number of aliphatic imine (C=N–C) groups is 1. The summed E-state index contributed by atoms with van der Waals surface area (Å²) >= 11 is 0. The predicted molar refractivity (Wildman–Crippen MR) is 53.7 cm³/mol. The van der Waals surface area contributed by atoms with Crippen molar-refractivity contribution in [2.75, 3.05) is 6.54 Å². The van der Waals surface area contributed by atoms with Crippen LogP contribution in [0, 0.1) is 5.41 Å². The van der Waals surface area contributed by atoms with Crippen molar-refractivity contribution < 1.29 is 18.6 Å². The Hall–Kier alpha value is -0.386. The zero-order chi connectivity index (χ0) is 8.69. The van der Waals surface area contributed by atoms with Gasteiger partial charge in [0.15, 0.2) is 11.9 Å². The Kier molecular flexibility index (Phi) is 16.4. The molecule has 0 atom stereocenters. The van der Waals surface area contributed by atoms with Crippen LogP contribution in [0.1, 0.15) is 19.8 Å². The molecule has 0 aromatic carbocycles. The zero-order valence-corrected chi connectivity index (χ0v) is 9.79. The number of guanidine groups is 2. The van der Waals surface area contributed by atoms with Gasteiger partial charge in [-0.05, 0) is 6.42 Å². The summed E-state index contributed by atoms with van der Waals surface area (Å²) in [5.74, 6) is 0.0358. The number of hydrogen-bond acceptors (Lipinski definition) is 2. The number of nitrogens with zero attached hydrogens (tertiary/aromatic N) is 1. The van der Waals surface area contributed by atoms with Gasteiger partial charge in [0.2, 0.25) is 0 Å². The van der Waals surface area contributed by atoms with Crippen molar-refractivity contribution in [2.24, 2.45) is 16.5 Å². The minimum atomic E-state index is -0.178. The van der Waals surface area contributed by atoms with Gasteiger partial charge in [-0.3, -0.25) is 15.7 Å². The second kappa shape index (κ2) is 11.6. The molecule has 6 N–H and O–H groups in total. The summed E-state index contributed by atoms with van der Waals surface area (Å²) in [7, 11) is 0. The summed E-state index contributed by atoms with van der Waals surface area (Å²) in [4.78, 5) is 3.92. The van der Waals surface area contributed by atoms with E-state index in [-0.39, 0.29) is 42.9 Å². The molecular formula is C6H16ClN5V. The van der Waals surface area contributed by atoms with Gasteiger partial charge in [0.05, 0.1) is 0 Å². The summed E-state index contributed by atoms with van der Waals surface area (Å²) in [6.07, 6.45) is 2.08. The molecule has 0 saturated heterocycles. The molecule has 5 nitrogen and oxygen atoms in total. The fraction of sp³-hybridized carbons (Fsp3) is 0.667. The van der Waals surface area contributed by atoms with Gasteiger partial charge in [0.25, 0.3) is 0 Å². The SMILES string of the molecule is CCCCN=C(N)NC(=N)N.Cl.[V]. The van der Waals surface area contributed by atoms with E-state index in [1.807, 2.05) is 0 Å². The molecule has 7 heteroatoms. The van der Waals surface area contributed by atoms with E-state index in [0.717, 1.165) is 12.8 Å². The van der Waals surface area contributed by atoms with Crippen molar-refractivity contribution in [3.63, 3.8) is 0 Å². The van der Waals surface area contributed by atoms with E-state index in [0.29, 0.717) is 6.54 Å². The summed E-state index contributed by atoms with van der Waals surface area (Å²) < 4.78 is 0. The fourth-order valence-electron chi connectivity index (χ4n) is 0.535. The smallest absolute Gasteiger partial charge is 0.195 e. The van der Waals surface area contributed by atoms with Crippen molar-refractivity contribution in [2.45, 2.75) is 19.8 Å². The summed E-state index contributed by atoms with van der Waals surface area (Å²) in [6, 6.07) is 0. The van der Waals surface area contributed by atoms with Crippen LogP contribution in [0.5, 0.6) is 0 Å². The molecule has 0 amide bonds. The molecule has 77 valence electrons. The molecule has 0 aliphatic carbocycles. The third-order valence-corrected chi connectivity index (χ3v) is 1.06. The van der Waals surface area contributed by atoms with E-state index < -0.39 is 0 Å². The van der Waals surface area contributed by atoms with Crippen LogP contribution in [-0.4, -0.2) is 18.5 Å². The van der Waals surface area contributed by atoms with E-state index >= 15 is 0 Å². The van der Waals surface area contributed by atoms with Crippen LogP contribution < -0.4 is 16.8 Å². The van der Waals surface area contributed by atoms with Crippen molar-refractivity contribution >= 4 is 24.3 Å². The molecule has 0 unspecified atom stereocenters. The molecule has 0 saturated carbocycles. The van der Waals surface area contributed by atoms with Crippen molar-refractivity contribution in [1.29, 1.82) is 5.41 Å². The van der Waals surface area contributed by atoms with E-state index in [1.54, 1.807) is 0 Å². The Morgan fingerprint density at radius 3 is 2.38 bits per heavy atom. The van der Waals surface area contributed by atoms with Crippen LogP contribution >= 0.6 is 12.4 Å². The zero-order valence-electron chi connectivity index (χ0n) is 7.58. The van der Waals surface area contributed by atoms with Gasteiger partial charge < -0.3 is 11.5 Å². The Labute approximate surface area is 96.5 Å². The van der Waals surface area contributed by atoms with Gasteiger partial charge in [0.1, 0.15) is 0 Å². The quantitative estimate of drug-likeness (QED) is 0.319. The van der Waals surface area contributed by atoms with Gasteiger partial charge in [-0.15, -0.1) is 12.4 Å². The van der Waals surface area contributed by atoms with E-state index in [1.165, 1.54) is 0 Å². The molecule has 0 bridgehead atoms. The second-order valence-electron chi connectivity index (χ2n) is 2.16. The minimum Gasteiger partial charge on any atom is -0.370 e. The first-order valence-electron chi connectivity index (χ1n) is 3.57. The molecule has 0 aliphatic heterocycles. The van der Waals surface area contributed by atoms with Crippen LogP contribution in [-0.2, 0) is 18.6 Å². The second-order valence-corrected chi connectivity index (χ2v) is 2.16. The number of rotatable bonds is 3. The third kappa shape index (κ3) is 14.5. The molecule has 0 aromatic rings. The predicted octanol–water partition coefficient (Wildman–Crippen LogP) is 0.00357. The largest absolute Gasteiger partial charge is 0.370 e. The topological polar surface area (TPSA) is 100 Å². The normalized spacial score (nSPS) is 9.46. The molecule has 0 fully saturated rings. The Morgan fingerprint density at radius 2 is 2.00 bits per heavy atom. The minimum absolute atomic E-state index is 0. The molecule has 0 heterocycles. The Balaban J connectivity index is -0.000000500. The number of unbranched alkanes of at least 4 members (excludes halogenated alkanes) is 1. The maximum Gasteiger partial charge on any atom is 0.195 e. The standard InChI is InChI=1S/C6H15N5.ClH.V/c1-2-3-4-10-6(9)11-5(7)8;;/h2-4H2,1H3,(H6,7,8,9,10,11);1H;. The van der Waals surface area contributed by atoms with Crippen LogP contribution in [0.2, 0.25) is 0 Å². The number of halogens is 1. The average Bonchev–Trinajstić information content (AvgIpc) is 1.86. The molecule has 0 rings (SSSR count). The first-order valence-corrected chi connectivity index (χ1v) is 3.57. The van der Waals surface area contributed by atoms with Crippen LogP contribution in [0.25, 0.3) is 0 Å². The van der Waals surface area contributed by atoms with E-state index in [2.05, 4.69) is 17.2 Å². The average molecular weight is 245 g/mol. The monoisotopic (exact) mass is 244 g/mol. The molecule has 1 radical (unpaired) electrons. The van der Waals surface area contributed by atoms with Gasteiger partial charge in [-0.2, -0.15) is 0 Å². The van der Waals surface area contributed by atoms with Gasteiger partial charge >= 0.3 is 0 Å². The number of nitrogens with two attached hydrogens (primary N) is 2. The van der Waals surface area contributed by atoms with E-state index in [9.17, 15) is 0 Å². The van der Waals surface area contributed by atoms with Gasteiger partial charge in [0, 0.05) is 25.1 Å². The van der Waals surface area contributed by atoms with Gasteiger partial charge in [-0.1, -0.05) is 13.3 Å². The molecule has 0 aromatic heterocycles. The molecule has 13 heavy (non-hydrogen) atoms. The first-order chi connectivity index (χ1) is 5.16. The molecule has 0 aliphatic rings. The summed E-state index contributed by atoms with van der Waals surface area (Å²) in [6.45, 7) is 2.76. The van der Waals surface area contributed by atoms with E-state index in [4.69, 9.17) is 16.9 Å². The first kappa shape index (κ1) is 18.4.